The van der Waals surface area contributed by atoms with E-state index in [1.165, 1.54) is 25.0 Å². The van der Waals surface area contributed by atoms with Crippen LogP contribution in [0.2, 0.25) is 0 Å². The van der Waals surface area contributed by atoms with Crippen molar-refractivity contribution in [2.24, 2.45) is 0 Å². The molecule has 1 aliphatic heterocycles. The summed E-state index contributed by atoms with van der Waals surface area (Å²) in [6.07, 6.45) is 0.394. The minimum atomic E-state index is -0.667. The van der Waals surface area contributed by atoms with Crippen LogP contribution in [0.1, 0.15) is 63.4 Å². The van der Waals surface area contributed by atoms with Crippen molar-refractivity contribution in [2.75, 3.05) is 11.1 Å². The Kier molecular flexibility index (Phi) is 10.00. The standard InChI is InChI=1S/C36H34N4O5S/c1-23(42)29-8-5-9-30(19-29)39-32(43)18-24-10-16-28(17-11-24)35-44-31(21-46-36-37-22-38-40-36)33(26-6-3-2-4-7-26)34(45-35)27-14-12-25(20-41)13-15-27/h2-17,19,22,31,33-35,41H,18,20-21H2,1H3,(H,39,43)(H,37,38,40). The highest BCUT2D eigenvalue weighted by molar-refractivity contribution is 7.99. The molecule has 0 aliphatic carbocycles. The fourth-order valence-electron chi connectivity index (χ4n) is 5.58. The number of rotatable bonds is 11. The number of ether oxygens (including phenoxy) is 2. The van der Waals surface area contributed by atoms with Gasteiger partial charge in [-0.15, -0.1) is 0 Å². The zero-order valence-corrected chi connectivity index (χ0v) is 26.0. The van der Waals surface area contributed by atoms with Gasteiger partial charge >= 0.3 is 0 Å². The van der Waals surface area contributed by atoms with Gasteiger partial charge in [-0.25, -0.2) is 4.98 Å². The molecule has 10 heteroatoms. The summed E-state index contributed by atoms with van der Waals surface area (Å²) >= 11 is 1.54. The largest absolute Gasteiger partial charge is 0.392 e. The number of ketones is 1. The van der Waals surface area contributed by atoms with Gasteiger partial charge in [0.25, 0.3) is 0 Å². The van der Waals surface area contributed by atoms with Gasteiger partial charge in [0.2, 0.25) is 5.91 Å². The number of thioether (sulfide) groups is 1. The third-order valence-corrected chi connectivity index (χ3v) is 8.88. The van der Waals surface area contributed by atoms with E-state index < -0.39 is 6.29 Å². The number of hydrogen-bond donors (Lipinski definition) is 3. The second kappa shape index (κ2) is 14.7. The Bertz CT molecular complexity index is 1750. The fourth-order valence-corrected chi connectivity index (χ4v) is 6.42. The lowest BCUT2D eigenvalue weighted by Crippen LogP contribution is -2.38. The summed E-state index contributed by atoms with van der Waals surface area (Å²) in [6.45, 7) is 1.46. The molecule has 1 amide bonds. The van der Waals surface area contributed by atoms with Gasteiger partial charge in [0, 0.05) is 28.5 Å². The number of H-pyrrole nitrogens is 1. The van der Waals surface area contributed by atoms with Gasteiger partial charge < -0.3 is 19.9 Å². The van der Waals surface area contributed by atoms with E-state index in [2.05, 4.69) is 32.6 Å². The first kappa shape index (κ1) is 31.4. The van der Waals surface area contributed by atoms with Crippen LogP contribution in [0.5, 0.6) is 0 Å². The first-order valence-corrected chi connectivity index (χ1v) is 16.0. The summed E-state index contributed by atoms with van der Waals surface area (Å²) in [6, 6.07) is 32.6. The molecule has 1 fully saturated rings. The number of nitrogens with one attached hydrogen (secondary N) is 2. The number of hydrogen-bond acceptors (Lipinski definition) is 8. The van der Waals surface area contributed by atoms with E-state index in [1.54, 1.807) is 24.3 Å². The average molecular weight is 635 g/mol. The van der Waals surface area contributed by atoms with Crippen molar-refractivity contribution in [1.29, 1.82) is 0 Å². The van der Waals surface area contributed by atoms with E-state index in [1.807, 2.05) is 66.7 Å². The lowest BCUT2D eigenvalue weighted by Gasteiger charge is -2.43. The number of aliphatic hydroxyl groups excluding tert-OH is 1. The van der Waals surface area contributed by atoms with Crippen LogP contribution in [0, 0.1) is 0 Å². The van der Waals surface area contributed by atoms with Gasteiger partial charge in [0.15, 0.2) is 17.2 Å². The van der Waals surface area contributed by atoms with Crippen LogP contribution in [0.25, 0.3) is 0 Å². The summed E-state index contributed by atoms with van der Waals surface area (Å²) in [5.41, 5.74) is 5.69. The van der Waals surface area contributed by atoms with Gasteiger partial charge in [0.05, 0.1) is 25.2 Å². The van der Waals surface area contributed by atoms with E-state index in [0.717, 1.165) is 27.8 Å². The molecular weight excluding hydrogens is 600 g/mol. The summed E-state index contributed by atoms with van der Waals surface area (Å²) < 4.78 is 13.5. The monoisotopic (exact) mass is 634 g/mol. The van der Waals surface area contributed by atoms with E-state index in [9.17, 15) is 14.7 Å². The SMILES string of the molecule is CC(=O)c1cccc(NC(=O)Cc2ccc(C3OC(CSc4ncn[nH]4)C(c4ccccc4)C(c4ccc(CO)cc4)O3)cc2)c1. The number of amides is 1. The molecule has 2 heterocycles. The number of Topliss-reactive ketones (excluding diaryl/α,β-unsaturated/α-hetero) is 1. The maximum atomic E-state index is 12.8. The molecule has 234 valence electrons. The number of aromatic nitrogens is 3. The molecule has 1 saturated heterocycles. The second-order valence-corrected chi connectivity index (χ2v) is 12.1. The van der Waals surface area contributed by atoms with Crippen molar-refractivity contribution in [3.05, 3.63) is 143 Å². The summed E-state index contributed by atoms with van der Waals surface area (Å²) in [4.78, 5) is 28.8. The van der Waals surface area contributed by atoms with Gasteiger partial charge in [-0.2, -0.15) is 5.10 Å². The number of carbonyl (C=O) groups excluding carboxylic acids is 2. The van der Waals surface area contributed by atoms with Crippen LogP contribution in [0.3, 0.4) is 0 Å². The topological polar surface area (TPSA) is 126 Å². The number of anilines is 1. The van der Waals surface area contributed by atoms with Gasteiger partial charge in [-0.05, 0) is 41.3 Å². The Morgan fingerprint density at radius 1 is 0.870 bits per heavy atom. The summed E-state index contributed by atoms with van der Waals surface area (Å²) in [5, 5.41) is 20.1. The van der Waals surface area contributed by atoms with Crippen LogP contribution in [0.4, 0.5) is 5.69 Å². The Morgan fingerprint density at radius 2 is 1.61 bits per heavy atom. The van der Waals surface area contributed by atoms with E-state index in [0.29, 0.717) is 22.2 Å². The van der Waals surface area contributed by atoms with Gasteiger partial charge in [-0.1, -0.05) is 103 Å². The molecule has 0 spiro atoms. The lowest BCUT2D eigenvalue weighted by molar-refractivity contribution is -0.255. The quantitative estimate of drug-likeness (QED) is 0.112. The molecule has 6 rings (SSSR count). The van der Waals surface area contributed by atoms with Crippen molar-refractivity contribution in [2.45, 2.75) is 49.5 Å². The molecule has 5 aromatic rings. The minimum Gasteiger partial charge on any atom is -0.392 e. The number of benzene rings is 4. The molecule has 9 nitrogen and oxygen atoms in total. The number of carbonyl (C=O) groups is 2. The lowest BCUT2D eigenvalue weighted by atomic mass is 9.84. The van der Waals surface area contributed by atoms with Gasteiger partial charge in [-0.3, -0.25) is 14.7 Å². The van der Waals surface area contributed by atoms with Crippen LogP contribution in [0.15, 0.2) is 115 Å². The highest BCUT2D eigenvalue weighted by atomic mass is 32.2. The first-order chi connectivity index (χ1) is 22.5. The molecule has 1 aliphatic rings. The Balaban J connectivity index is 1.24. The Morgan fingerprint density at radius 3 is 2.30 bits per heavy atom. The highest BCUT2D eigenvalue weighted by Gasteiger charge is 2.42. The minimum absolute atomic E-state index is 0.0364. The number of nitrogens with zero attached hydrogens (tertiary/aromatic N) is 2. The number of aliphatic hydroxyl groups is 1. The van der Waals surface area contributed by atoms with Crippen molar-refractivity contribution >= 4 is 29.1 Å². The molecule has 46 heavy (non-hydrogen) atoms. The van der Waals surface area contributed by atoms with E-state index in [-0.39, 0.29) is 42.8 Å². The smallest absolute Gasteiger partial charge is 0.228 e. The zero-order chi connectivity index (χ0) is 31.9. The normalized spacial score (nSPS) is 19.4. The average Bonchev–Trinajstić information content (AvgIpc) is 3.62. The van der Waals surface area contributed by atoms with Crippen molar-refractivity contribution in [1.82, 2.24) is 15.2 Å². The predicted octanol–water partition coefficient (Wildman–Crippen LogP) is 6.41. The summed E-state index contributed by atoms with van der Waals surface area (Å²) in [5.74, 6) is 0.234. The van der Waals surface area contributed by atoms with E-state index >= 15 is 0 Å². The molecule has 1 aromatic heterocycles. The Hall–Kier alpha value is -4.61. The third-order valence-electron chi connectivity index (χ3n) is 7.92. The molecular formula is C36H34N4O5S. The van der Waals surface area contributed by atoms with Crippen LogP contribution >= 0.6 is 11.8 Å². The fraction of sp³-hybridized carbons (Fsp3) is 0.222. The van der Waals surface area contributed by atoms with E-state index in [4.69, 9.17) is 9.47 Å². The van der Waals surface area contributed by atoms with Crippen LogP contribution < -0.4 is 5.32 Å². The van der Waals surface area contributed by atoms with Crippen molar-refractivity contribution in [3.63, 3.8) is 0 Å². The molecule has 3 N–H and O–H groups in total. The molecule has 4 unspecified atom stereocenters. The highest BCUT2D eigenvalue weighted by Crippen LogP contribution is 2.47. The van der Waals surface area contributed by atoms with Crippen LogP contribution in [-0.2, 0) is 27.3 Å². The van der Waals surface area contributed by atoms with Crippen molar-refractivity contribution in [3.8, 4) is 0 Å². The molecule has 4 aromatic carbocycles. The third kappa shape index (κ3) is 7.60. The molecule has 4 atom stereocenters. The predicted molar refractivity (Wildman–Crippen MR) is 175 cm³/mol. The Labute approximate surface area is 271 Å². The molecule has 0 bridgehead atoms. The molecule has 0 saturated carbocycles. The zero-order valence-electron chi connectivity index (χ0n) is 25.2. The first-order valence-electron chi connectivity index (χ1n) is 15.0. The second-order valence-electron chi connectivity index (χ2n) is 11.1. The summed E-state index contributed by atoms with van der Waals surface area (Å²) in [7, 11) is 0. The molecule has 0 radical (unpaired) electrons. The van der Waals surface area contributed by atoms with Crippen LogP contribution in [-0.4, -0.2) is 43.8 Å². The maximum Gasteiger partial charge on any atom is 0.228 e. The number of aromatic amines is 1. The van der Waals surface area contributed by atoms with Crippen molar-refractivity contribution < 1.29 is 24.2 Å². The van der Waals surface area contributed by atoms with Gasteiger partial charge in [0.1, 0.15) is 6.33 Å². The maximum absolute atomic E-state index is 12.8.